The molecular weight excluding hydrogens is 129 g/mol. The monoisotopic (exact) mass is 134 g/mol. The van der Waals surface area contributed by atoms with Gasteiger partial charge in [-0.25, -0.2) is 13.2 Å². The van der Waals surface area contributed by atoms with Crippen LogP contribution < -0.4 is 0 Å². The highest BCUT2D eigenvalue weighted by Crippen LogP contribution is 2.27. The van der Waals surface area contributed by atoms with Gasteiger partial charge in [-0.2, -0.15) is 0 Å². The molecule has 0 fully saturated rings. The van der Waals surface area contributed by atoms with E-state index < -0.39 is 17.5 Å². The minimum atomic E-state index is -1.33. The fourth-order valence-corrected chi connectivity index (χ4v) is 0.655. The van der Waals surface area contributed by atoms with Crippen LogP contribution in [0.3, 0.4) is 0 Å². The Balaban J connectivity index is 2.88. The maximum absolute atomic E-state index is 12.1. The number of rotatable bonds is 0. The Morgan fingerprint density at radius 1 is 1.22 bits per heavy atom. The van der Waals surface area contributed by atoms with E-state index in [4.69, 9.17) is 0 Å². The molecule has 3 heteroatoms. The number of hydrogen-bond donors (Lipinski definition) is 0. The summed E-state index contributed by atoms with van der Waals surface area (Å²) < 4.78 is 36.1. The largest absolute Gasteiger partial charge is 0.208 e. The van der Waals surface area contributed by atoms with Crippen molar-refractivity contribution in [2.24, 2.45) is 0 Å². The molecule has 0 saturated heterocycles. The molecule has 0 aliphatic heterocycles. The molecule has 0 atom stereocenters. The predicted molar refractivity (Wildman–Crippen MR) is 27.7 cm³/mol. The lowest BCUT2D eigenvalue weighted by molar-refractivity contribution is 0.461. The third-order valence-corrected chi connectivity index (χ3v) is 1.14. The number of allylic oxidation sites excluding steroid dienone is 4. The smallest absolute Gasteiger partial charge is 0.189 e. The van der Waals surface area contributed by atoms with Crippen molar-refractivity contribution in [2.75, 3.05) is 0 Å². The molecule has 0 saturated carbocycles. The van der Waals surface area contributed by atoms with Crippen LogP contribution in [0, 0.1) is 0 Å². The summed E-state index contributed by atoms with van der Waals surface area (Å²) in [7, 11) is 0. The van der Waals surface area contributed by atoms with E-state index >= 15 is 0 Å². The summed E-state index contributed by atoms with van der Waals surface area (Å²) in [5.41, 5.74) is 0. The first-order chi connectivity index (χ1) is 4.22. The highest BCUT2D eigenvalue weighted by molar-refractivity contribution is 5.25. The summed E-state index contributed by atoms with van der Waals surface area (Å²) in [6.07, 6.45) is 1.28. The van der Waals surface area contributed by atoms with Crippen LogP contribution in [0.1, 0.15) is 12.8 Å². The van der Waals surface area contributed by atoms with Gasteiger partial charge in [0, 0.05) is 6.42 Å². The average Bonchev–Trinajstić information content (AvgIpc) is 1.83. The van der Waals surface area contributed by atoms with Crippen LogP contribution >= 0.6 is 0 Å². The van der Waals surface area contributed by atoms with Gasteiger partial charge in [0.1, 0.15) is 5.83 Å². The first-order valence-electron chi connectivity index (χ1n) is 2.62. The van der Waals surface area contributed by atoms with Crippen LogP contribution in [0.25, 0.3) is 0 Å². The molecule has 9 heavy (non-hydrogen) atoms. The van der Waals surface area contributed by atoms with Crippen molar-refractivity contribution >= 4 is 0 Å². The lowest BCUT2D eigenvalue weighted by Crippen LogP contribution is -1.89. The molecule has 0 heterocycles. The second kappa shape index (κ2) is 2.25. The topological polar surface area (TPSA) is 0 Å². The van der Waals surface area contributed by atoms with E-state index in [2.05, 4.69) is 0 Å². The van der Waals surface area contributed by atoms with E-state index in [1.165, 1.54) is 0 Å². The van der Waals surface area contributed by atoms with Crippen molar-refractivity contribution < 1.29 is 13.2 Å². The Bertz CT molecular complexity index is 179. The fourth-order valence-electron chi connectivity index (χ4n) is 0.655. The van der Waals surface area contributed by atoms with E-state index in [0.29, 0.717) is 0 Å². The van der Waals surface area contributed by atoms with E-state index in [-0.39, 0.29) is 12.8 Å². The molecule has 0 unspecified atom stereocenters. The molecule has 0 radical (unpaired) electrons. The highest BCUT2D eigenvalue weighted by atomic mass is 19.2. The first kappa shape index (κ1) is 6.39. The van der Waals surface area contributed by atoms with Gasteiger partial charge in [0.2, 0.25) is 0 Å². The third-order valence-electron chi connectivity index (χ3n) is 1.14. The molecule has 0 nitrogen and oxygen atoms in total. The molecular formula is C6H5F3. The molecule has 0 aromatic carbocycles. The van der Waals surface area contributed by atoms with Crippen LogP contribution in [-0.4, -0.2) is 0 Å². The standard InChI is InChI=1S/C6H5F3/c7-4-2-1-3-5(8)6(4)9/h2H,1,3H2. The molecule has 0 bridgehead atoms. The van der Waals surface area contributed by atoms with Crippen molar-refractivity contribution in [3.05, 3.63) is 23.6 Å². The van der Waals surface area contributed by atoms with Crippen molar-refractivity contribution in [3.63, 3.8) is 0 Å². The van der Waals surface area contributed by atoms with Gasteiger partial charge in [0.15, 0.2) is 11.7 Å². The molecule has 50 valence electrons. The van der Waals surface area contributed by atoms with Crippen molar-refractivity contribution in [2.45, 2.75) is 12.8 Å². The van der Waals surface area contributed by atoms with Gasteiger partial charge in [0.05, 0.1) is 0 Å². The van der Waals surface area contributed by atoms with Gasteiger partial charge in [-0.15, -0.1) is 0 Å². The number of hydrogen-bond acceptors (Lipinski definition) is 0. The minimum absolute atomic E-state index is 0.0146. The minimum Gasteiger partial charge on any atom is -0.208 e. The second-order valence-electron chi connectivity index (χ2n) is 1.81. The second-order valence-corrected chi connectivity index (χ2v) is 1.81. The Hall–Kier alpha value is -0.730. The molecule has 0 spiro atoms. The molecule has 0 N–H and O–H groups in total. The summed E-state index contributed by atoms with van der Waals surface area (Å²) in [6.45, 7) is 0. The van der Waals surface area contributed by atoms with Gasteiger partial charge >= 0.3 is 0 Å². The maximum Gasteiger partial charge on any atom is 0.189 e. The molecule has 0 aromatic rings. The van der Waals surface area contributed by atoms with Gasteiger partial charge in [-0.1, -0.05) is 0 Å². The summed E-state index contributed by atoms with van der Waals surface area (Å²) in [6, 6.07) is 0. The quantitative estimate of drug-likeness (QED) is 0.477. The van der Waals surface area contributed by atoms with Crippen LogP contribution in [-0.2, 0) is 0 Å². The Kier molecular flexibility index (Phi) is 1.60. The maximum atomic E-state index is 12.1. The van der Waals surface area contributed by atoms with E-state index in [1.807, 2.05) is 0 Å². The van der Waals surface area contributed by atoms with Crippen LogP contribution in [0.15, 0.2) is 23.6 Å². The van der Waals surface area contributed by atoms with Crippen molar-refractivity contribution in [1.82, 2.24) is 0 Å². The first-order valence-corrected chi connectivity index (χ1v) is 2.62. The van der Waals surface area contributed by atoms with E-state index in [1.54, 1.807) is 0 Å². The van der Waals surface area contributed by atoms with Crippen molar-refractivity contribution in [1.29, 1.82) is 0 Å². The fraction of sp³-hybridized carbons (Fsp3) is 0.333. The predicted octanol–water partition coefficient (Wildman–Crippen LogP) is 2.78. The zero-order valence-electron chi connectivity index (χ0n) is 4.63. The molecule has 0 aromatic heterocycles. The van der Waals surface area contributed by atoms with E-state index in [9.17, 15) is 13.2 Å². The molecule has 0 amide bonds. The average molecular weight is 134 g/mol. The summed E-state index contributed by atoms with van der Waals surface area (Å²) in [5, 5.41) is 0. The SMILES string of the molecule is FC1=CCCC(F)=C1F. The van der Waals surface area contributed by atoms with Gasteiger partial charge in [-0.3, -0.25) is 0 Å². The zero-order chi connectivity index (χ0) is 6.85. The third kappa shape index (κ3) is 1.15. The van der Waals surface area contributed by atoms with Crippen LogP contribution in [0.5, 0.6) is 0 Å². The Morgan fingerprint density at radius 2 is 1.89 bits per heavy atom. The molecule has 1 aliphatic carbocycles. The van der Waals surface area contributed by atoms with Crippen molar-refractivity contribution in [3.8, 4) is 0 Å². The van der Waals surface area contributed by atoms with Gasteiger partial charge in [-0.05, 0) is 12.5 Å². The van der Waals surface area contributed by atoms with Crippen LogP contribution in [0.4, 0.5) is 13.2 Å². The number of halogens is 3. The van der Waals surface area contributed by atoms with Gasteiger partial charge < -0.3 is 0 Å². The normalized spacial score (nSPS) is 20.1. The summed E-state index contributed by atoms with van der Waals surface area (Å²) in [4.78, 5) is 0. The lowest BCUT2D eigenvalue weighted by Gasteiger charge is -2.02. The summed E-state index contributed by atoms with van der Waals surface area (Å²) >= 11 is 0. The highest BCUT2D eigenvalue weighted by Gasteiger charge is 2.14. The molecule has 1 aliphatic rings. The Labute approximate surface area is 50.7 Å². The summed E-state index contributed by atoms with van der Waals surface area (Å²) in [5.74, 6) is -3.38. The van der Waals surface area contributed by atoms with Crippen LogP contribution in [0.2, 0.25) is 0 Å². The molecule has 1 rings (SSSR count). The van der Waals surface area contributed by atoms with E-state index in [0.717, 1.165) is 6.08 Å². The van der Waals surface area contributed by atoms with Gasteiger partial charge in [0.25, 0.3) is 0 Å². The lowest BCUT2D eigenvalue weighted by atomic mass is 10.1. The zero-order valence-corrected chi connectivity index (χ0v) is 4.63. The Morgan fingerprint density at radius 3 is 2.33 bits per heavy atom.